The number of nitrogens with zero attached hydrogens (tertiary/aromatic N) is 1. The predicted octanol–water partition coefficient (Wildman–Crippen LogP) is -2.77. The van der Waals surface area contributed by atoms with Crippen molar-refractivity contribution in [2.24, 2.45) is 0 Å². The van der Waals surface area contributed by atoms with Gasteiger partial charge < -0.3 is 8.74 Å². The summed E-state index contributed by atoms with van der Waals surface area (Å²) in [5.74, 6) is -0.174. The Morgan fingerprint density at radius 3 is 2.62 bits per heavy atom. The molecule has 1 aromatic heterocycles. The number of aryl methyl sites for hydroxylation is 1. The molecule has 0 aliphatic heterocycles. The van der Waals surface area contributed by atoms with Crippen molar-refractivity contribution in [1.82, 2.24) is 4.98 Å². The van der Waals surface area contributed by atoms with E-state index < -0.39 is 10.4 Å². The standard InChI is InChI=1S/C6H7NO4S.Li/c1-5-3-2-4-7-6(5)11-12(8,9)10;/h2-4H,1H3,(H,8,9,10);/q;+1/p-1. The van der Waals surface area contributed by atoms with Crippen LogP contribution in [0.15, 0.2) is 18.3 Å². The van der Waals surface area contributed by atoms with Gasteiger partial charge in [-0.3, -0.25) is 0 Å². The van der Waals surface area contributed by atoms with Crippen molar-refractivity contribution in [3.8, 4) is 5.88 Å². The summed E-state index contributed by atoms with van der Waals surface area (Å²) >= 11 is 0. The van der Waals surface area contributed by atoms with E-state index >= 15 is 0 Å². The Bertz CT molecular complexity index is 378. The molecule has 0 aromatic carbocycles. The summed E-state index contributed by atoms with van der Waals surface area (Å²) in [7, 11) is -4.71. The second-order valence-corrected chi connectivity index (χ2v) is 3.10. The molecule has 5 nitrogen and oxygen atoms in total. The van der Waals surface area contributed by atoms with Gasteiger partial charge in [0.1, 0.15) is 0 Å². The van der Waals surface area contributed by atoms with Crippen LogP contribution in [0.5, 0.6) is 5.88 Å². The van der Waals surface area contributed by atoms with Crippen LogP contribution >= 0.6 is 0 Å². The van der Waals surface area contributed by atoms with Crippen molar-refractivity contribution in [2.45, 2.75) is 6.92 Å². The normalized spacial score (nSPS) is 10.3. The molecular formula is C6H6LiNO4S. The van der Waals surface area contributed by atoms with E-state index in [0.717, 1.165) is 0 Å². The fraction of sp³-hybridized carbons (Fsp3) is 0.167. The summed E-state index contributed by atoms with van der Waals surface area (Å²) in [6, 6.07) is 3.20. The molecule has 13 heavy (non-hydrogen) atoms. The molecule has 0 aliphatic carbocycles. The van der Waals surface area contributed by atoms with Crippen LogP contribution in [0.25, 0.3) is 0 Å². The second-order valence-electron chi connectivity index (χ2n) is 2.12. The topological polar surface area (TPSA) is 79.3 Å². The second kappa shape index (κ2) is 4.63. The minimum Gasteiger partial charge on any atom is -0.716 e. The van der Waals surface area contributed by atoms with Gasteiger partial charge in [-0.15, -0.1) is 0 Å². The molecule has 0 atom stereocenters. The Kier molecular flexibility index (Phi) is 4.43. The Morgan fingerprint density at radius 2 is 2.15 bits per heavy atom. The van der Waals surface area contributed by atoms with Crippen LogP contribution in [0.1, 0.15) is 5.56 Å². The van der Waals surface area contributed by atoms with Gasteiger partial charge in [0.15, 0.2) is 0 Å². The van der Waals surface area contributed by atoms with Crippen LogP contribution in [0.2, 0.25) is 0 Å². The monoisotopic (exact) mass is 195 g/mol. The molecule has 0 N–H and O–H groups in total. The molecular weight excluding hydrogens is 189 g/mol. The zero-order valence-electron chi connectivity index (χ0n) is 7.22. The first-order valence-electron chi connectivity index (χ1n) is 3.06. The van der Waals surface area contributed by atoms with Crippen molar-refractivity contribution in [3.05, 3.63) is 23.9 Å². The maximum atomic E-state index is 10.1. The van der Waals surface area contributed by atoms with Crippen LogP contribution in [0, 0.1) is 6.92 Å². The molecule has 0 aliphatic rings. The molecule has 1 aromatic rings. The van der Waals surface area contributed by atoms with Gasteiger partial charge in [-0.1, -0.05) is 6.07 Å². The van der Waals surface area contributed by atoms with Gasteiger partial charge in [0.05, 0.1) is 0 Å². The molecule has 0 saturated heterocycles. The SMILES string of the molecule is Cc1cccnc1OS(=O)(=O)[O-].[Li+]. The number of hydrogen-bond donors (Lipinski definition) is 0. The first-order valence-corrected chi connectivity index (χ1v) is 4.39. The van der Waals surface area contributed by atoms with E-state index in [9.17, 15) is 13.0 Å². The fourth-order valence-corrected chi connectivity index (χ4v) is 1.02. The Hall–Kier alpha value is -0.543. The van der Waals surface area contributed by atoms with Gasteiger partial charge in [0.2, 0.25) is 5.88 Å². The van der Waals surface area contributed by atoms with Crippen molar-refractivity contribution >= 4 is 10.4 Å². The molecule has 0 unspecified atom stereocenters. The molecule has 0 spiro atoms. The zero-order chi connectivity index (χ0) is 9.19. The molecule has 0 amide bonds. The molecule has 0 fully saturated rings. The smallest absolute Gasteiger partial charge is 0.716 e. The third-order valence-corrected chi connectivity index (χ3v) is 1.50. The quantitative estimate of drug-likeness (QED) is 0.290. The van der Waals surface area contributed by atoms with E-state index in [4.69, 9.17) is 0 Å². The number of rotatable bonds is 2. The van der Waals surface area contributed by atoms with E-state index in [0.29, 0.717) is 5.56 Å². The first kappa shape index (κ1) is 12.5. The van der Waals surface area contributed by atoms with Gasteiger partial charge in [0.25, 0.3) is 10.4 Å². The van der Waals surface area contributed by atoms with E-state index in [-0.39, 0.29) is 24.7 Å². The van der Waals surface area contributed by atoms with Gasteiger partial charge in [-0.25, -0.2) is 13.4 Å². The van der Waals surface area contributed by atoms with E-state index in [1.54, 1.807) is 19.1 Å². The molecule has 1 rings (SSSR count). The molecule has 0 radical (unpaired) electrons. The van der Waals surface area contributed by atoms with Crippen molar-refractivity contribution in [2.75, 3.05) is 0 Å². The Labute approximate surface area is 88.3 Å². The average Bonchev–Trinajstić information content (AvgIpc) is 1.91. The van der Waals surface area contributed by atoms with E-state index in [1.165, 1.54) is 6.20 Å². The summed E-state index contributed by atoms with van der Waals surface area (Å²) in [5.41, 5.74) is 0.497. The fourth-order valence-electron chi connectivity index (χ4n) is 0.655. The van der Waals surface area contributed by atoms with Crippen LogP contribution < -0.4 is 23.0 Å². The third-order valence-electron chi connectivity index (χ3n) is 1.14. The maximum absolute atomic E-state index is 10.1. The first-order chi connectivity index (χ1) is 5.49. The van der Waals surface area contributed by atoms with Crippen molar-refractivity contribution in [1.29, 1.82) is 0 Å². The van der Waals surface area contributed by atoms with Crippen LogP contribution in [-0.4, -0.2) is 18.0 Å². The van der Waals surface area contributed by atoms with Crippen LogP contribution in [0.3, 0.4) is 0 Å². The van der Waals surface area contributed by atoms with E-state index in [1.807, 2.05) is 0 Å². The molecule has 66 valence electrons. The zero-order valence-corrected chi connectivity index (χ0v) is 8.04. The summed E-state index contributed by atoms with van der Waals surface area (Å²) in [6.07, 6.45) is 1.34. The largest absolute Gasteiger partial charge is 1.00 e. The van der Waals surface area contributed by atoms with Gasteiger partial charge in [-0.05, 0) is 13.0 Å². The minimum atomic E-state index is -4.71. The minimum absolute atomic E-state index is 0. The van der Waals surface area contributed by atoms with Gasteiger partial charge in [0, 0.05) is 11.8 Å². The third kappa shape index (κ3) is 4.29. The average molecular weight is 195 g/mol. The summed E-state index contributed by atoms with van der Waals surface area (Å²) in [6.45, 7) is 1.59. The predicted molar refractivity (Wildman–Crippen MR) is 39.3 cm³/mol. The Balaban J connectivity index is 0.00000144. The molecule has 1 heterocycles. The van der Waals surface area contributed by atoms with Crippen LogP contribution in [-0.2, 0) is 10.4 Å². The number of aromatic nitrogens is 1. The molecule has 0 saturated carbocycles. The van der Waals surface area contributed by atoms with Crippen molar-refractivity contribution in [3.63, 3.8) is 0 Å². The van der Waals surface area contributed by atoms with Gasteiger partial charge >= 0.3 is 18.9 Å². The number of pyridine rings is 1. The number of hydrogen-bond acceptors (Lipinski definition) is 5. The summed E-state index contributed by atoms with van der Waals surface area (Å²) in [5, 5.41) is 0. The molecule has 7 heteroatoms. The van der Waals surface area contributed by atoms with Gasteiger partial charge in [-0.2, -0.15) is 0 Å². The maximum Gasteiger partial charge on any atom is 1.00 e. The summed E-state index contributed by atoms with van der Waals surface area (Å²) in [4.78, 5) is 3.56. The van der Waals surface area contributed by atoms with Crippen LogP contribution in [0.4, 0.5) is 0 Å². The Morgan fingerprint density at radius 1 is 1.54 bits per heavy atom. The summed E-state index contributed by atoms with van der Waals surface area (Å²) < 4.78 is 34.4. The van der Waals surface area contributed by atoms with E-state index in [2.05, 4.69) is 9.17 Å². The molecule has 0 bridgehead atoms. The van der Waals surface area contributed by atoms with Crippen molar-refractivity contribution < 1.29 is 36.0 Å².